The number of halogens is 1. The molecule has 0 spiro atoms. The average Bonchev–Trinajstić information content (AvgIpc) is 2.92. The predicted octanol–water partition coefficient (Wildman–Crippen LogP) is 2.70. The lowest BCUT2D eigenvalue weighted by Gasteiger charge is -2.40. The van der Waals surface area contributed by atoms with E-state index < -0.39 is 6.10 Å². The van der Waals surface area contributed by atoms with Gasteiger partial charge in [-0.1, -0.05) is 23.7 Å². The number of benzene rings is 2. The highest BCUT2D eigenvalue weighted by atomic mass is 35.5. The van der Waals surface area contributed by atoms with Crippen LogP contribution in [0.1, 0.15) is 23.2 Å². The van der Waals surface area contributed by atoms with Crippen LogP contribution in [0.5, 0.6) is 11.5 Å². The van der Waals surface area contributed by atoms with Crippen LogP contribution in [-0.4, -0.2) is 84.4 Å². The molecule has 2 fully saturated rings. The molecule has 3 amide bonds. The molecule has 0 N–H and O–H groups in total. The fraction of sp³-hybridized carbons (Fsp3) is 0.423. The number of ether oxygens (including phenoxy) is 2. The Balaban J connectivity index is 1.14. The number of piperazine rings is 1. The zero-order chi connectivity index (χ0) is 24.4. The molecule has 9 heteroatoms. The molecule has 2 saturated heterocycles. The summed E-state index contributed by atoms with van der Waals surface area (Å²) in [6, 6.07) is 14.1. The van der Waals surface area contributed by atoms with Crippen molar-refractivity contribution in [2.24, 2.45) is 5.92 Å². The van der Waals surface area contributed by atoms with Crippen LogP contribution in [0, 0.1) is 5.92 Å². The van der Waals surface area contributed by atoms with Crippen LogP contribution in [0.25, 0.3) is 0 Å². The normalized spacial score (nSPS) is 22.0. The van der Waals surface area contributed by atoms with Crippen LogP contribution in [-0.2, 0) is 9.59 Å². The van der Waals surface area contributed by atoms with Crippen molar-refractivity contribution in [3.8, 4) is 11.5 Å². The highest BCUT2D eigenvalue weighted by molar-refractivity contribution is 6.30. The number of carbonyl (C=O) groups excluding carboxylic acids is 3. The number of likely N-dealkylation sites (tertiary alicyclic amines) is 1. The van der Waals surface area contributed by atoms with Crippen molar-refractivity contribution in [3.05, 3.63) is 59.1 Å². The Kier molecular flexibility index (Phi) is 6.81. The van der Waals surface area contributed by atoms with Crippen molar-refractivity contribution < 1.29 is 23.9 Å². The first-order chi connectivity index (χ1) is 17.0. The van der Waals surface area contributed by atoms with E-state index >= 15 is 0 Å². The zero-order valence-electron chi connectivity index (χ0n) is 19.4. The molecule has 0 bridgehead atoms. The van der Waals surface area contributed by atoms with Crippen molar-refractivity contribution in [3.63, 3.8) is 0 Å². The number of piperidine rings is 1. The van der Waals surface area contributed by atoms with E-state index in [0.29, 0.717) is 61.4 Å². The summed E-state index contributed by atoms with van der Waals surface area (Å²) < 4.78 is 11.5. The Morgan fingerprint density at radius 1 is 0.800 bits per heavy atom. The van der Waals surface area contributed by atoms with Crippen LogP contribution < -0.4 is 9.47 Å². The van der Waals surface area contributed by atoms with Gasteiger partial charge in [0, 0.05) is 49.9 Å². The largest absolute Gasteiger partial charge is 0.485 e. The first-order valence-corrected chi connectivity index (χ1v) is 12.4. The predicted molar refractivity (Wildman–Crippen MR) is 130 cm³/mol. The van der Waals surface area contributed by atoms with Gasteiger partial charge in [-0.05, 0) is 49.2 Å². The van der Waals surface area contributed by atoms with Crippen molar-refractivity contribution in [2.45, 2.75) is 18.9 Å². The molecule has 35 heavy (non-hydrogen) atoms. The van der Waals surface area contributed by atoms with Gasteiger partial charge < -0.3 is 24.2 Å². The summed E-state index contributed by atoms with van der Waals surface area (Å²) in [5, 5.41) is 0.582. The Bertz CT molecular complexity index is 1100. The fourth-order valence-corrected chi connectivity index (χ4v) is 5.01. The van der Waals surface area contributed by atoms with Crippen molar-refractivity contribution in [2.75, 3.05) is 45.9 Å². The summed E-state index contributed by atoms with van der Waals surface area (Å²) in [7, 11) is 0. The molecule has 2 aromatic rings. The summed E-state index contributed by atoms with van der Waals surface area (Å²) in [5.74, 6) is 0.838. The lowest BCUT2D eigenvalue weighted by Crippen LogP contribution is -2.56. The molecule has 3 aliphatic heterocycles. The minimum atomic E-state index is -0.682. The number of hydrogen-bond acceptors (Lipinski definition) is 5. The second-order valence-electron chi connectivity index (χ2n) is 9.11. The molecule has 0 unspecified atom stereocenters. The van der Waals surface area contributed by atoms with E-state index in [1.54, 1.807) is 40.1 Å². The molecular weight excluding hydrogens is 470 g/mol. The molecular formula is C26H28ClN3O5. The molecule has 3 heterocycles. The standard InChI is InChI=1S/C26H28ClN3O5/c27-20-9-7-18(8-10-20)24(31)30-11-3-4-19(16-30)25(32)28-12-14-29(15-13-28)26(33)23-17-34-21-5-1-2-6-22(21)35-23/h1-2,5-10,19,23H,3-4,11-17H2/t19-,23+/m0/s1. The van der Waals surface area contributed by atoms with Gasteiger partial charge in [0.15, 0.2) is 11.5 Å². The molecule has 0 aromatic heterocycles. The van der Waals surface area contributed by atoms with E-state index in [1.165, 1.54) is 0 Å². The molecule has 8 nitrogen and oxygen atoms in total. The van der Waals surface area contributed by atoms with Gasteiger partial charge in [0.05, 0.1) is 5.92 Å². The summed E-state index contributed by atoms with van der Waals surface area (Å²) >= 11 is 5.93. The van der Waals surface area contributed by atoms with Gasteiger partial charge in [-0.25, -0.2) is 0 Å². The number of rotatable bonds is 3. The zero-order valence-corrected chi connectivity index (χ0v) is 20.2. The Morgan fingerprint density at radius 2 is 1.46 bits per heavy atom. The molecule has 184 valence electrons. The van der Waals surface area contributed by atoms with Gasteiger partial charge in [-0.3, -0.25) is 14.4 Å². The van der Waals surface area contributed by atoms with Gasteiger partial charge in [-0.15, -0.1) is 0 Å². The maximum Gasteiger partial charge on any atom is 0.267 e. The van der Waals surface area contributed by atoms with Crippen LogP contribution in [0.4, 0.5) is 0 Å². The van der Waals surface area contributed by atoms with Gasteiger partial charge in [0.25, 0.3) is 11.8 Å². The minimum absolute atomic E-state index is 0.0527. The summed E-state index contributed by atoms with van der Waals surface area (Å²) in [4.78, 5) is 44.4. The Labute approximate surface area is 209 Å². The quantitative estimate of drug-likeness (QED) is 0.651. The lowest BCUT2D eigenvalue weighted by atomic mass is 9.95. The summed E-state index contributed by atoms with van der Waals surface area (Å²) in [6.45, 7) is 3.06. The third kappa shape index (κ3) is 5.07. The monoisotopic (exact) mass is 497 g/mol. The number of nitrogens with zero attached hydrogens (tertiary/aromatic N) is 3. The van der Waals surface area contributed by atoms with Crippen molar-refractivity contribution in [1.82, 2.24) is 14.7 Å². The molecule has 2 aromatic carbocycles. The molecule has 0 radical (unpaired) electrons. The third-order valence-corrected chi connectivity index (χ3v) is 7.09. The Morgan fingerprint density at radius 3 is 2.17 bits per heavy atom. The van der Waals surface area contributed by atoms with Crippen LogP contribution in [0.15, 0.2) is 48.5 Å². The highest BCUT2D eigenvalue weighted by Crippen LogP contribution is 2.31. The topological polar surface area (TPSA) is 79.4 Å². The average molecular weight is 498 g/mol. The Hall–Kier alpha value is -3.26. The lowest BCUT2D eigenvalue weighted by molar-refractivity contribution is -0.148. The molecule has 0 saturated carbocycles. The van der Waals surface area contributed by atoms with Gasteiger partial charge in [-0.2, -0.15) is 0 Å². The number of amides is 3. The summed E-state index contributed by atoms with van der Waals surface area (Å²) in [5.41, 5.74) is 0.575. The maximum atomic E-state index is 13.2. The molecule has 5 rings (SSSR count). The first kappa shape index (κ1) is 23.5. The SMILES string of the molecule is O=C(c1ccc(Cl)cc1)N1CCC[C@H](C(=O)N2CCN(C(=O)[C@H]3COc4ccccc4O3)CC2)C1. The third-order valence-electron chi connectivity index (χ3n) is 6.84. The first-order valence-electron chi connectivity index (χ1n) is 12.0. The van der Waals surface area contributed by atoms with Gasteiger partial charge in [0.2, 0.25) is 12.0 Å². The fourth-order valence-electron chi connectivity index (χ4n) is 4.89. The van der Waals surface area contributed by atoms with E-state index in [2.05, 4.69) is 0 Å². The molecule has 0 aliphatic carbocycles. The van der Waals surface area contributed by atoms with E-state index in [-0.39, 0.29) is 30.2 Å². The minimum Gasteiger partial charge on any atom is -0.485 e. The van der Waals surface area contributed by atoms with Crippen LogP contribution in [0.3, 0.4) is 0 Å². The van der Waals surface area contributed by atoms with E-state index in [1.807, 2.05) is 23.1 Å². The summed E-state index contributed by atoms with van der Waals surface area (Å²) in [6.07, 6.45) is 0.863. The van der Waals surface area contributed by atoms with Crippen LogP contribution in [0.2, 0.25) is 5.02 Å². The van der Waals surface area contributed by atoms with E-state index in [9.17, 15) is 14.4 Å². The second-order valence-corrected chi connectivity index (χ2v) is 9.55. The van der Waals surface area contributed by atoms with Gasteiger partial charge in [0.1, 0.15) is 6.61 Å². The van der Waals surface area contributed by atoms with E-state index in [4.69, 9.17) is 21.1 Å². The number of hydrogen-bond donors (Lipinski definition) is 0. The second kappa shape index (κ2) is 10.2. The smallest absolute Gasteiger partial charge is 0.267 e. The highest BCUT2D eigenvalue weighted by Gasteiger charge is 2.36. The number of para-hydroxylation sites is 2. The maximum absolute atomic E-state index is 13.2. The van der Waals surface area contributed by atoms with E-state index in [0.717, 1.165) is 12.8 Å². The van der Waals surface area contributed by atoms with Gasteiger partial charge >= 0.3 is 0 Å². The molecule has 3 aliphatic rings. The molecule has 2 atom stereocenters. The number of fused-ring (bicyclic) bond motifs is 1. The van der Waals surface area contributed by atoms with Crippen molar-refractivity contribution in [1.29, 1.82) is 0 Å². The number of carbonyl (C=O) groups is 3. The van der Waals surface area contributed by atoms with Crippen molar-refractivity contribution >= 4 is 29.3 Å². The van der Waals surface area contributed by atoms with Crippen LogP contribution >= 0.6 is 11.6 Å².